The van der Waals surface area contributed by atoms with Crippen molar-refractivity contribution in [2.24, 2.45) is 0 Å². The van der Waals surface area contributed by atoms with E-state index in [4.69, 9.17) is 9.97 Å². The molecule has 0 unspecified atom stereocenters. The first-order valence-corrected chi connectivity index (χ1v) is 20.4. The Morgan fingerprint density at radius 3 is 1.66 bits per heavy atom. The van der Waals surface area contributed by atoms with Crippen molar-refractivity contribution in [1.82, 2.24) is 9.97 Å². The van der Waals surface area contributed by atoms with Crippen molar-refractivity contribution in [3.8, 4) is 78.4 Å². The third kappa shape index (κ3) is 5.87. The van der Waals surface area contributed by atoms with E-state index in [1.165, 1.54) is 60.5 Å². The lowest BCUT2D eigenvalue weighted by Crippen LogP contribution is -2.14. The highest BCUT2D eigenvalue weighted by molar-refractivity contribution is 6.09. The first-order valence-electron chi connectivity index (χ1n) is 20.4. The van der Waals surface area contributed by atoms with Crippen molar-refractivity contribution in [3.63, 3.8) is 0 Å². The molecule has 0 atom stereocenters. The minimum Gasteiger partial charge on any atom is -0.228 e. The van der Waals surface area contributed by atoms with E-state index in [1.54, 1.807) is 0 Å². The van der Waals surface area contributed by atoms with E-state index >= 15 is 0 Å². The Balaban J connectivity index is 1.05. The number of rotatable bonds is 6. The van der Waals surface area contributed by atoms with Crippen molar-refractivity contribution < 1.29 is 0 Å². The second kappa shape index (κ2) is 13.9. The summed E-state index contributed by atoms with van der Waals surface area (Å²) in [6.45, 7) is 4.74. The number of nitrogens with zero attached hydrogens (tertiary/aromatic N) is 2. The van der Waals surface area contributed by atoms with E-state index in [9.17, 15) is 0 Å². The maximum absolute atomic E-state index is 5.22. The van der Waals surface area contributed by atoms with Crippen LogP contribution in [0.4, 0.5) is 0 Å². The molecule has 0 spiro atoms. The predicted octanol–water partition coefficient (Wildman–Crippen LogP) is 15.1. The average Bonchev–Trinajstić information content (AvgIpc) is 3.53. The number of aromatic nitrogens is 2. The molecule has 10 aromatic rings. The SMILES string of the molecule is CC1(C)c2cc3ccccc3cc2-c2c(-c3ccc(-c4cccc(-c5cc(-c6ccccc6-c6ccccc6)nc(-c6ccccc6)n5)c4)c4ccccc34)cccc21. The zero-order valence-electron chi connectivity index (χ0n) is 33.0. The third-order valence-electron chi connectivity index (χ3n) is 12.3. The first kappa shape index (κ1) is 34.8. The molecule has 1 aliphatic rings. The molecular formula is C57H40N2. The van der Waals surface area contributed by atoms with Gasteiger partial charge in [-0.05, 0) is 101 Å². The van der Waals surface area contributed by atoms with Gasteiger partial charge in [-0.25, -0.2) is 9.97 Å². The highest BCUT2D eigenvalue weighted by Gasteiger charge is 2.37. The summed E-state index contributed by atoms with van der Waals surface area (Å²) in [6.07, 6.45) is 0. The average molecular weight is 753 g/mol. The summed E-state index contributed by atoms with van der Waals surface area (Å²) < 4.78 is 0. The molecule has 0 N–H and O–H groups in total. The van der Waals surface area contributed by atoms with Gasteiger partial charge in [-0.15, -0.1) is 0 Å². The molecule has 1 aromatic heterocycles. The monoisotopic (exact) mass is 752 g/mol. The molecular weight excluding hydrogens is 713 g/mol. The minimum atomic E-state index is -0.105. The van der Waals surface area contributed by atoms with Crippen molar-refractivity contribution in [2.75, 3.05) is 0 Å². The molecule has 0 amide bonds. The molecule has 2 nitrogen and oxygen atoms in total. The number of fused-ring (bicyclic) bond motifs is 5. The molecule has 278 valence electrons. The Kier molecular flexibility index (Phi) is 8.20. The quantitative estimate of drug-likeness (QED) is 0.169. The van der Waals surface area contributed by atoms with Crippen LogP contribution in [0.3, 0.4) is 0 Å². The van der Waals surface area contributed by atoms with Crippen LogP contribution in [-0.2, 0) is 5.41 Å². The van der Waals surface area contributed by atoms with Gasteiger partial charge in [-0.1, -0.05) is 196 Å². The zero-order valence-corrected chi connectivity index (χ0v) is 33.0. The lowest BCUT2D eigenvalue weighted by molar-refractivity contribution is 0.661. The molecule has 11 rings (SSSR count). The van der Waals surface area contributed by atoms with Gasteiger partial charge in [0.25, 0.3) is 0 Å². The molecule has 0 aliphatic heterocycles. The molecule has 1 aliphatic carbocycles. The second-order valence-electron chi connectivity index (χ2n) is 16.1. The van der Waals surface area contributed by atoms with Crippen molar-refractivity contribution in [3.05, 3.63) is 217 Å². The number of benzene rings is 9. The van der Waals surface area contributed by atoms with Crippen LogP contribution < -0.4 is 0 Å². The second-order valence-corrected chi connectivity index (χ2v) is 16.1. The Morgan fingerprint density at radius 1 is 0.322 bits per heavy atom. The summed E-state index contributed by atoms with van der Waals surface area (Å²) in [5.41, 5.74) is 17.4. The van der Waals surface area contributed by atoms with E-state index in [0.29, 0.717) is 5.82 Å². The highest BCUT2D eigenvalue weighted by atomic mass is 14.9. The number of hydrogen-bond donors (Lipinski definition) is 0. The molecule has 0 fully saturated rings. The van der Waals surface area contributed by atoms with Gasteiger partial charge in [0.05, 0.1) is 11.4 Å². The summed E-state index contributed by atoms with van der Waals surface area (Å²) >= 11 is 0. The normalized spacial score (nSPS) is 12.7. The van der Waals surface area contributed by atoms with Crippen molar-refractivity contribution >= 4 is 21.5 Å². The maximum Gasteiger partial charge on any atom is 0.160 e. The molecule has 0 saturated carbocycles. The van der Waals surface area contributed by atoms with Crippen molar-refractivity contribution in [2.45, 2.75) is 19.3 Å². The molecule has 0 bridgehead atoms. The zero-order chi connectivity index (χ0) is 39.5. The van der Waals surface area contributed by atoms with Gasteiger partial charge in [0.15, 0.2) is 5.82 Å². The molecule has 9 aromatic carbocycles. The standard InChI is InChI=1S/C57H40N2/c1-57(2)51-30-16-29-49(55(51)50-34-39-21-9-10-22-40(39)35-52(50)57)47-32-31-44(45-26-12-13-27-46(45)47)41-23-15-24-42(33-41)53-36-54(59-56(58-53)38-19-7-4-8-20-38)48-28-14-11-25-43(48)37-17-5-3-6-18-37/h3-36H,1-2H3. The molecule has 0 saturated heterocycles. The minimum absolute atomic E-state index is 0.105. The Labute approximate surface area is 345 Å². The van der Waals surface area contributed by atoms with Gasteiger partial charge in [0.1, 0.15) is 0 Å². The smallest absolute Gasteiger partial charge is 0.160 e. The highest BCUT2D eigenvalue weighted by Crippen LogP contribution is 2.54. The van der Waals surface area contributed by atoms with E-state index in [1.807, 2.05) is 18.2 Å². The van der Waals surface area contributed by atoms with Crippen LogP contribution in [0.25, 0.3) is 100.0 Å². The van der Waals surface area contributed by atoms with E-state index < -0.39 is 0 Å². The fourth-order valence-electron chi connectivity index (χ4n) is 9.35. The summed E-state index contributed by atoms with van der Waals surface area (Å²) in [6, 6.07) is 74.3. The van der Waals surface area contributed by atoms with Crippen LogP contribution in [0.1, 0.15) is 25.0 Å². The van der Waals surface area contributed by atoms with Gasteiger partial charge in [-0.2, -0.15) is 0 Å². The van der Waals surface area contributed by atoms with Crippen LogP contribution in [0.5, 0.6) is 0 Å². The summed E-state index contributed by atoms with van der Waals surface area (Å²) in [5, 5.41) is 5.03. The predicted molar refractivity (Wildman–Crippen MR) is 247 cm³/mol. The summed E-state index contributed by atoms with van der Waals surface area (Å²) in [7, 11) is 0. The van der Waals surface area contributed by atoms with Crippen LogP contribution in [-0.4, -0.2) is 9.97 Å². The molecule has 59 heavy (non-hydrogen) atoms. The van der Waals surface area contributed by atoms with Crippen LogP contribution >= 0.6 is 0 Å². The number of hydrogen-bond acceptors (Lipinski definition) is 2. The Morgan fingerprint density at radius 2 is 0.881 bits per heavy atom. The van der Waals surface area contributed by atoms with Gasteiger partial charge in [0.2, 0.25) is 0 Å². The summed E-state index contributed by atoms with van der Waals surface area (Å²) in [5.74, 6) is 0.703. The maximum atomic E-state index is 5.22. The largest absolute Gasteiger partial charge is 0.228 e. The topological polar surface area (TPSA) is 25.8 Å². The van der Waals surface area contributed by atoms with Crippen LogP contribution in [0, 0.1) is 0 Å². The van der Waals surface area contributed by atoms with E-state index in [2.05, 4.69) is 202 Å². The summed E-state index contributed by atoms with van der Waals surface area (Å²) in [4.78, 5) is 10.4. The van der Waals surface area contributed by atoms with Gasteiger partial charge < -0.3 is 0 Å². The van der Waals surface area contributed by atoms with E-state index in [0.717, 1.165) is 44.8 Å². The lowest BCUT2D eigenvalue weighted by atomic mass is 9.81. The molecule has 2 heteroatoms. The van der Waals surface area contributed by atoms with E-state index in [-0.39, 0.29) is 5.41 Å². The fraction of sp³-hybridized carbons (Fsp3) is 0.0526. The first-order chi connectivity index (χ1) is 29.0. The Bertz CT molecular complexity index is 3230. The van der Waals surface area contributed by atoms with Gasteiger partial charge in [0, 0.05) is 22.1 Å². The fourth-order valence-corrected chi connectivity index (χ4v) is 9.35. The van der Waals surface area contributed by atoms with Gasteiger partial charge >= 0.3 is 0 Å². The van der Waals surface area contributed by atoms with Gasteiger partial charge in [-0.3, -0.25) is 0 Å². The third-order valence-corrected chi connectivity index (χ3v) is 12.3. The van der Waals surface area contributed by atoms with Crippen LogP contribution in [0.15, 0.2) is 206 Å². The van der Waals surface area contributed by atoms with Crippen molar-refractivity contribution in [1.29, 1.82) is 0 Å². The lowest BCUT2D eigenvalue weighted by Gasteiger charge is -2.22. The van der Waals surface area contributed by atoms with Crippen LogP contribution in [0.2, 0.25) is 0 Å². The molecule has 1 heterocycles. The Hall–Kier alpha value is -7.42. The molecule has 0 radical (unpaired) electrons.